The number of nitrogens with zero attached hydrogens (tertiary/aromatic N) is 2. The van der Waals surface area contributed by atoms with Gasteiger partial charge in [0.25, 0.3) is 0 Å². The number of likely N-dealkylation sites (tertiary alicyclic amines) is 1. The van der Waals surface area contributed by atoms with Gasteiger partial charge in [0.15, 0.2) is 0 Å². The molecule has 21 heavy (non-hydrogen) atoms. The summed E-state index contributed by atoms with van der Waals surface area (Å²) in [5.41, 5.74) is 1.96. The lowest BCUT2D eigenvalue weighted by atomic mass is 9.99. The van der Waals surface area contributed by atoms with E-state index in [-0.39, 0.29) is 5.91 Å². The van der Waals surface area contributed by atoms with Gasteiger partial charge in [0.05, 0.1) is 12.6 Å². The lowest BCUT2D eigenvalue weighted by molar-refractivity contribution is -0.129. The van der Waals surface area contributed by atoms with E-state index in [9.17, 15) is 9.90 Å². The molecule has 2 aliphatic heterocycles. The maximum atomic E-state index is 12.5. The van der Waals surface area contributed by atoms with Crippen LogP contribution in [0.25, 0.3) is 0 Å². The number of aliphatic hydroxyl groups excluding tert-OH is 1. The summed E-state index contributed by atoms with van der Waals surface area (Å²) in [4.78, 5) is 16.7. The zero-order valence-corrected chi connectivity index (χ0v) is 12.5. The minimum atomic E-state index is -0.397. The minimum Gasteiger partial charge on any atom is -0.388 e. The van der Waals surface area contributed by atoms with Crippen LogP contribution in [0.15, 0.2) is 24.3 Å². The molecule has 1 aromatic rings. The van der Waals surface area contributed by atoms with Crippen LogP contribution in [0, 0.1) is 0 Å². The number of hydrogen-bond acceptors (Lipinski definition) is 3. The van der Waals surface area contributed by atoms with Crippen LogP contribution in [0.2, 0.25) is 0 Å². The molecule has 1 N–H and O–H groups in total. The Balaban J connectivity index is 1.70. The molecule has 2 heterocycles. The summed E-state index contributed by atoms with van der Waals surface area (Å²) in [5, 5.41) is 10.1. The monoisotopic (exact) mass is 288 g/mol. The molecule has 114 valence electrons. The van der Waals surface area contributed by atoms with Gasteiger partial charge >= 0.3 is 0 Å². The number of benzene rings is 1. The smallest absolute Gasteiger partial charge is 0.242 e. The minimum absolute atomic E-state index is 0.225. The molecule has 1 unspecified atom stereocenters. The molecular weight excluding hydrogens is 264 g/mol. The summed E-state index contributed by atoms with van der Waals surface area (Å²) in [6.07, 6.45) is 5.03. The first-order valence-corrected chi connectivity index (χ1v) is 8.05. The Bertz CT molecular complexity index is 495. The first kappa shape index (κ1) is 14.4. The average molecular weight is 288 g/mol. The van der Waals surface area contributed by atoms with Gasteiger partial charge in [-0.3, -0.25) is 4.79 Å². The second kappa shape index (κ2) is 6.48. The number of amides is 1. The normalized spacial score (nSPS) is 22.6. The van der Waals surface area contributed by atoms with Gasteiger partial charge in [-0.1, -0.05) is 31.0 Å². The predicted octanol–water partition coefficient (Wildman–Crippen LogP) is 2.33. The van der Waals surface area contributed by atoms with Crippen LogP contribution < -0.4 is 4.90 Å². The molecule has 4 heteroatoms. The van der Waals surface area contributed by atoms with E-state index >= 15 is 0 Å². The molecule has 1 aromatic carbocycles. The highest BCUT2D eigenvalue weighted by Gasteiger charge is 2.26. The number of aliphatic hydroxyl groups is 1. The van der Waals surface area contributed by atoms with Crippen LogP contribution in [0.1, 0.15) is 43.8 Å². The number of carbonyl (C=O) groups excluding carboxylic acids is 1. The molecule has 3 rings (SSSR count). The third-order valence-corrected chi connectivity index (χ3v) is 4.59. The van der Waals surface area contributed by atoms with E-state index in [2.05, 4.69) is 4.90 Å². The van der Waals surface area contributed by atoms with Crippen molar-refractivity contribution >= 4 is 11.6 Å². The lowest BCUT2D eigenvalue weighted by Gasteiger charge is -2.34. The van der Waals surface area contributed by atoms with E-state index in [1.54, 1.807) is 0 Å². The molecule has 1 saturated heterocycles. The van der Waals surface area contributed by atoms with Gasteiger partial charge in [-0.05, 0) is 25.3 Å². The fourth-order valence-electron chi connectivity index (χ4n) is 3.36. The molecule has 0 radical (unpaired) electrons. The Hall–Kier alpha value is -1.55. The first-order valence-electron chi connectivity index (χ1n) is 8.05. The van der Waals surface area contributed by atoms with E-state index in [0.29, 0.717) is 13.0 Å². The highest BCUT2D eigenvalue weighted by Crippen LogP contribution is 2.33. The van der Waals surface area contributed by atoms with Crippen LogP contribution >= 0.6 is 0 Å². The molecular formula is C17H24N2O2. The van der Waals surface area contributed by atoms with Gasteiger partial charge in [0.1, 0.15) is 0 Å². The van der Waals surface area contributed by atoms with Gasteiger partial charge in [-0.25, -0.2) is 0 Å². The Morgan fingerprint density at radius 2 is 1.81 bits per heavy atom. The third-order valence-electron chi connectivity index (χ3n) is 4.59. The SMILES string of the molecule is O=C(CN1CCC(O)c2ccccc21)N1CCCCCC1. The highest BCUT2D eigenvalue weighted by atomic mass is 16.3. The quantitative estimate of drug-likeness (QED) is 0.908. The van der Waals surface area contributed by atoms with Gasteiger partial charge in [0, 0.05) is 30.9 Å². The number of anilines is 1. The number of rotatable bonds is 2. The standard InChI is InChI=1S/C17H24N2O2/c20-16-9-12-19(15-8-4-3-7-14(15)16)13-17(21)18-10-5-1-2-6-11-18/h3-4,7-8,16,20H,1-2,5-6,9-13H2. The van der Waals surface area contributed by atoms with Crippen molar-refractivity contribution in [3.63, 3.8) is 0 Å². The Labute approximate surface area is 126 Å². The van der Waals surface area contributed by atoms with Crippen LogP contribution in [0.3, 0.4) is 0 Å². The van der Waals surface area contributed by atoms with E-state index in [4.69, 9.17) is 0 Å². The fourth-order valence-corrected chi connectivity index (χ4v) is 3.36. The molecule has 0 aromatic heterocycles. The van der Waals surface area contributed by atoms with Crippen molar-refractivity contribution < 1.29 is 9.90 Å². The molecule has 2 aliphatic rings. The van der Waals surface area contributed by atoms with Crippen molar-refractivity contribution in [2.45, 2.75) is 38.2 Å². The van der Waals surface area contributed by atoms with Crippen molar-refractivity contribution in [1.82, 2.24) is 4.90 Å². The largest absolute Gasteiger partial charge is 0.388 e. The Kier molecular flexibility index (Phi) is 4.44. The summed E-state index contributed by atoms with van der Waals surface area (Å²) in [6.45, 7) is 2.98. The second-order valence-corrected chi connectivity index (χ2v) is 6.08. The number of hydrogen-bond donors (Lipinski definition) is 1. The Morgan fingerprint density at radius 1 is 1.10 bits per heavy atom. The van der Waals surface area contributed by atoms with Gasteiger partial charge in [-0.2, -0.15) is 0 Å². The van der Waals surface area contributed by atoms with Crippen molar-refractivity contribution in [3.05, 3.63) is 29.8 Å². The third kappa shape index (κ3) is 3.21. The summed E-state index contributed by atoms with van der Waals surface area (Å²) in [6, 6.07) is 7.89. The van der Waals surface area contributed by atoms with Crippen LogP contribution in [0.4, 0.5) is 5.69 Å². The van der Waals surface area contributed by atoms with Crippen molar-refractivity contribution in [3.8, 4) is 0 Å². The zero-order chi connectivity index (χ0) is 14.7. The van der Waals surface area contributed by atoms with Crippen LogP contribution in [0.5, 0.6) is 0 Å². The molecule has 1 fully saturated rings. The molecule has 0 saturated carbocycles. The highest BCUT2D eigenvalue weighted by molar-refractivity contribution is 5.82. The average Bonchev–Trinajstić information content (AvgIpc) is 2.79. The van der Waals surface area contributed by atoms with E-state index in [1.807, 2.05) is 29.2 Å². The number of para-hydroxylation sites is 1. The Morgan fingerprint density at radius 3 is 2.57 bits per heavy atom. The molecule has 0 spiro atoms. The first-order chi connectivity index (χ1) is 10.3. The predicted molar refractivity (Wildman–Crippen MR) is 83.3 cm³/mol. The molecule has 1 atom stereocenters. The second-order valence-electron chi connectivity index (χ2n) is 6.08. The summed E-state index contributed by atoms with van der Waals surface area (Å²) < 4.78 is 0. The van der Waals surface area contributed by atoms with E-state index < -0.39 is 6.10 Å². The summed E-state index contributed by atoms with van der Waals surface area (Å²) >= 11 is 0. The topological polar surface area (TPSA) is 43.8 Å². The van der Waals surface area contributed by atoms with Crippen molar-refractivity contribution in [2.24, 2.45) is 0 Å². The van der Waals surface area contributed by atoms with Gasteiger partial charge in [-0.15, -0.1) is 0 Å². The fraction of sp³-hybridized carbons (Fsp3) is 0.588. The summed E-state index contributed by atoms with van der Waals surface area (Å²) in [7, 11) is 0. The lowest BCUT2D eigenvalue weighted by Crippen LogP contribution is -2.43. The van der Waals surface area contributed by atoms with Crippen molar-refractivity contribution in [2.75, 3.05) is 31.1 Å². The number of fused-ring (bicyclic) bond motifs is 1. The van der Waals surface area contributed by atoms with Gasteiger partial charge in [0.2, 0.25) is 5.91 Å². The van der Waals surface area contributed by atoms with E-state index in [0.717, 1.165) is 43.7 Å². The molecule has 1 amide bonds. The zero-order valence-electron chi connectivity index (χ0n) is 12.5. The van der Waals surface area contributed by atoms with Crippen LogP contribution in [-0.4, -0.2) is 42.1 Å². The molecule has 0 aliphatic carbocycles. The summed E-state index contributed by atoms with van der Waals surface area (Å²) in [5.74, 6) is 0.225. The number of carbonyl (C=O) groups is 1. The molecule has 0 bridgehead atoms. The van der Waals surface area contributed by atoms with E-state index in [1.165, 1.54) is 12.8 Å². The van der Waals surface area contributed by atoms with Crippen molar-refractivity contribution in [1.29, 1.82) is 0 Å². The van der Waals surface area contributed by atoms with Crippen LogP contribution in [-0.2, 0) is 4.79 Å². The maximum absolute atomic E-state index is 12.5. The maximum Gasteiger partial charge on any atom is 0.242 e. The molecule has 4 nitrogen and oxygen atoms in total. The van der Waals surface area contributed by atoms with Gasteiger partial charge < -0.3 is 14.9 Å².